The van der Waals surface area contributed by atoms with Gasteiger partial charge in [0.2, 0.25) is 29.5 Å². The maximum absolute atomic E-state index is 13.8. The van der Waals surface area contributed by atoms with Crippen molar-refractivity contribution in [2.75, 3.05) is 26.2 Å². The molecular weight excluding hydrogens is 984 g/mol. The van der Waals surface area contributed by atoms with E-state index in [0.717, 1.165) is 11.1 Å². The van der Waals surface area contributed by atoms with Crippen LogP contribution in [0.5, 0.6) is 5.75 Å². The summed E-state index contributed by atoms with van der Waals surface area (Å²) in [7, 11) is 0. The lowest BCUT2D eigenvalue weighted by molar-refractivity contribution is -0.141. The van der Waals surface area contributed by atoms with E-state index in [0.29, 0.717) is 42.7 Å². The molecule has 3 aromatic rings. The number of urea groups is 1. The second-order valence-corrected chi connectivity index (χ2v) is 17.7. The third kappa shape index (κ3) is 25.0. The number of hydrogen-bond donors (Lipinski definition) is 10. The molecule has 10 N–H and O–H groups in total. The number of halogens is 1. The predicted molar refractivity (Wildman–Crippen MR) is 270 cm³/mol. The number of aromatic hydroxyl groups is 1. The number of amides is 7. The minimum Gasteiger partial charge on any atom is -0.508 e. The van der Waals surface area contributed by atoms with E-state index in [-0.39, 0.29) is 89.3 Å². The fourth-order valence-corrected chi connectivity index (χ4v) is 7.64. The number of carbonyl (C=O) groups is 9. The maximum atomic E-state index is 13.8. The number of azide groups is 1. The Balaban J connectivity index is 1.49. The van der Waals surface area contributed by atoms with Gasteiger partial charge in [0, 0.05) is 81.2 Å². The molecule has 0 aliphatic carbocycles. The van der Waals surface area contributed by atoms with Crippen LogP contribution >= 0.6 is 11.6 Å². The van der Waals surface area contributed by atoms with Crippen LogP contribution in [-0.4, -0.2) is 129 Å². The molecule has 0 fully saturated rings. The van der Waals surface area contributed by atoms with Gasteiger partial charge < -0.3 is 57.2 Å². The molecule has 0 aromatic heterocycles. The molecule has 0 aliphatic heterocycles. The highest BCUT2D eigenvalue weighted by Crippen LogP contribution is 2.17. The van der Waals surface area contributed by atoms with Gasteiger partial charge in [0.05, 0.1) is 0 Å². The number of nitrogens with zero attached hydrogens (tertiary/aromatic N) is 4. The van der Waals surface area contributed by atoms with Gasteiger partial charge in [-0.05, 0) is 91.4 Å². The molecule has 3 rings (SSSR count). The number of aliphatic carboxylic acids is 3. The number of carboxylic acids is 3. The fraction of sp³-hybridized carbons (Fsp3) is 0.460. The quantitative estimate of drug-likeness (QED) is 0.0170. The molecule has 3 aromatic carbocycles. The minimum absolute atomic E-state index is 0.0219. The van der Waals surface area contributed by atoms with E-state index >= 15 is 0 Å². The van der Waals surface area contributed by atoms with E-state index in [1.54, 1.807) is 65.6 Å². The molecule has 23 nitrogen and oxygen atoms in total. The molecule has 0 radical (unpaired) electrons. The molecular formula is C50H65ClN10O13. The fourth-order valence-electron chi connectivity index (χ4n) is 7.42. The molecule has 0 unspecified atom stereocenters. The van der Waals surface area contributed by atoms with E-state index in [2.05, 4.69) is 41.9 Å². The molecule has 74 heavy (non-hydrogen) atoms. The Labute approximate surface area is 432 Å². The zero-order valence-corrected chi connectivity index (χ0v) is 41.6. The van der Waals surface area contributed by atoms with Crippen molar-refractivity contribution in [1.29, 1.82) is 0 Å². The van der Waals surface area contributed by atoms with E-state index < -0.39 is 84.6 Å². The van der Waals surface area contributed by atoms with Crippen LogP contribution in [-0.2, 0) is 57.7 Å². The molecule has 0 bridgehead atoms. The van der Waals surface area contributed by atoms with Crippen molar-refractivity contribution in [3.8, 4) is 5.75 Å². The molecule has 0 spiro atoms. The molecule has 0 heterocycles. The summed E-state index contributed by atoms with van der Waals surface area (Å²) in [6.07, 6.45) is 1.46. The van der Waals surface area contributed by atoms with Gasteiger partial charge in [-0.2, -0.15) is 0 Å². The normalized spacial score (nSPS) is 12.3. The van der Waals surface area contributed by atoms with Crippen molar-refractivity contribution >= 4 is 65.1 Å². The molecule has 24 heteroatoms. The Hall–Kier alpha value is -7.91. The first-order valence-corrected chi connectivity index (χ1v) is 24.5. The summed E-state index contributed by atoms with van der Waals surface area (Å²) in [5, 5.41) is 56.8. The topological polar surface area (TPSA) is 359 Å². The van der Waals surface area contributed by atoms with E-state index in [1.165, 1.54) is 12.1 Å². The SMILES string of the molecule is [N-]=[N+]=NCCCNC(=O)[C@@H](Cc1ccc(O)cc1)NC(=O)[C@@H](Cc1ccccc1)NC(=O)CCC(=O)NCCCCCC(=O)N(CCCC[C@H](NC(=O)N[C@@H](CCC(=O)O)C(=O)O)C(=O)O)Cc1cccc(Cl)c1. The van der Waals surface area contributed by atoms with Crippen LogP contribution < -0.4 is 31.9 Å². The van der Waals surface area contributed by atoms with Crippen molar-refractivity contribution in [2.24, 2.45) is 5.11 Å². The number of benzene rings is 3. The first kappa shape index (κ1) is 60.4. The molecule has 0 saturated heterocycles. The number of hydrogen-bond acceptors (Lipinski definition) is 11. The summed E-state index contributed by atoms with van der Waals surface area (Å²) in [5.41, 5.74) is 10.7. The van der Waals surface area contributed by atoms with Crippen LogP contribution in [0.1, 0.15) is 93.7 Å². The third-order valence-electron chi connectivity index (χ3n) is 11.3. The number of unbranched alkanes of at least 4 members (excludes halogenated alkanes) is 3. The van der Waals surface area contributed by atoms with E-state index in [4.69, 9.17) is 22.2 Å². The summed E-state index contributed by atoms with van der Waals surface area (Å²) in [4.78, 5) is 118. The predicted octanol–water partition coefficient (Wildman–Crippen LogP) is 4.34. The Morgan fingerprint density at radius 3 is 1.86 bits per heavy atom. The van der Waals surface area contributed by atoms with Gasteiger partial charge in [0.1, 0.15) is 29.9 Å². The van der Waals surface area contributed by atoms with Crippen LogP contribution in [0.3, 0.4) is 0 Å². The first-order valence-electron chi connectivity index (χ1n) is 24.2. The third-order valence-corrected chi connectivity index (χ3v) is 11.6. The minimum atomic E-state index is -1.55. The summed E-state index contributed by atoms with van der Waals surface area (Å²) < 4.78 is 0. The summed E-state index contributed by atoms with van der Waals surface area (Å²) in [5.74, 6) is -6.39. The van der Waals surface area contributed by atoms with Crippen LogP contribution in [0.25, 0.3) is 10.4 Å². The number of carboxylic acid groups (broad SMARTS) is 3. The standard InChI is InChI=1S/C50H65ClN10O13/c51-36-14-9-13-35(29-36)32-61(28-8-6-15-38(48(70)71)58-50(74)59-39(49(72)73)21-24-45(66)67)44(65)16-5-2-7-25-53-42(63)22-23-43(64)56-41(30-33-11-3-1-4-12-33)47(69)57-40(31-34-17-19-37(62)20-18-34)46(68)54-26-10-27-55-60-52/h1,3-4,9,11-14,17-20,29,38-41,62H,2,5-8,10,15-16,21-28,30-32H2,(H,53,63)(H,54,68)(H,56,64)(H,57,69)(H,66,67)(H,70,71)(H,72,73)(H2,58,59,74)/t38-,39-,40+,41+/m0/s1. The lowest BCUT2D eigenvalue weighted by Gasteiger charge is -2.24. The van der Waals surface area contributed by atoms with Gasteiger partial charge in [0.25, 0.3) is 0 Å². The zero-order chi connectivity index (χ0) is 54.3. The van der Waals surface area contributed by atoms with E-state index in [9.17, 15) is 58.5 Å². The largest absolute Gasteiger partial charge is 0.508 e. The van der Waals surface area contributed by atoms with Crippen LogP contribution in [0, 0.1) is 0 Å². The average molecular weight is 1050 g/mol. The second-order valence-electron chi connectivity index (χ2n) is 17.3. The highest BCUT2D eigenvalue weighted by molar-refractivity contribution is 6.30. The summed E-state index contributed by atoms with van der Waals surface area (Å²) in [6.45, 7) is 1.06. The van der Waals surface area contributed by atoms with Gasteiger partial charge >= 0.3 is 23.9 Å². The van der Waals surface area contributed by atoms with Gasteiger partial charge in [-0.3, -0.25) is 28.8 Å². The Bertz CT molecular complexity index is 2390. The van der Waals surface area contributed by atoms with Gasteiger partial charge in [-0.1, -0.05) is 77.7 Å². The van der Waals surface area contributed by atoms with Gasteiger partial charge in [-0.15, -0.1) is 0 Å². The number of rotatable bonds is 35. The summed E-state index contributed by atoms with van der Waals surface area (Å²) >= 11 is 6.19. The first-order chi connectivity index (χ1) is 35.4. The van der Waals surface area contributed by atoms with Gasteiger partial charge in [-0.25, -0.2) is 14.4 Å². The molecule has 4 atom stereocenters. The average Bonchev–Trinajstić information content (AvgIpc) is 3.36. The monoisotopic (exact) mass is 1050 g/mol. The van der Waals surface area contributed by atoms with Crippen LogP contribution in [0.15, 0.2) is 84.0 Å². The second kappa shape index (κ2) is 33.7. The van der Waals surface area contributed by atoms with Crippen molar-refractivity contribution < 1.29 is 63.6 Å². The van der Waals surface area contributed by atoms with Crippen LogP contribution in [0.2, 0.25) is 5.02 Å². The number of phenols is 1. The van der Waals surface area contributed by atoms with Crippen molar-refractivity contribution in [3.05, 3.63) is 111 Å². The van der Waals surface area contributed by atoms with Crippen molar-refractivity contribution in [1.82, 2.24) is 36.8 Å². The lowest BCUT2D eigenvalue weighted by atomic mass is 10.0. The van der Waals surface area contributed by atoms with Crippen molar-refractivity contribution in [3.63, 3.8) is 0 Å². The van der Waals surface area contributed by atoms with Crippen LogP contribution in [0.4, 0.5) is 4.79 Å². The molecule has 0 aliphatic rings. The molecule has 0 saturated carbocycles. The highest BCUT2D eigenvalue weighted by atomic mass is 35.5. The van der Waals surface area contributed by atoms with E-state index in [1.807, 2.05) is 6.07 Å². The summed E-state index contributed by atoms with van der Waals surface area (Å²) in [6, 6.07) is 15.8. The molecule has 7 amide bonds. The Morgan fingerprint density at radius 1 is 0.595 bits per heavy atom. The smallest absolute Gasteiger partial charge is 0.326 e. The van der Waals surface area contributed by atoms with Gasteiger partial charge in [0.15, 0.2) is 0 Å². The zero-order valence-electron chi connectivity index (χ0n) is 40.9. The van der Waals surface area contributed by atoms with Crippen molar-refractivity contribution in [2.45, 2.75) is 121 Å². The Morgan fingerprint density at radius 2 is 1.22 bits per heavy atom. The number of phenolic OH excluding ortho intramolecular Hbond substituents is 1. The Kier molecular flexibility index (Phi) is 27.5. The number of carbonyl (C=O) groups excluding carboxylic acids is 6. The lowest BCUT2D eigenvalue weighted by Crippen LogP contribution is -2.55. The molecule has 400 valence electrons. The maximum Gasteiger partial charge on any atom is 0.326 e. The highest BCUT2D eigenvalue weighted by Gasteiger charge is 2.28. The number of nitrogens with one attached hydrogen (secondary N) is 6.